The van der Waals surface area contributed by atoms with Gasteiger partial charge in [0.15, 0.2) is 5.78 Å². The molecule has 0 spiro atoms. The molecule has 16 heteroatoms. The number of hydrogen-bond acceptors (Lipinski definition) is 3. The Morgan fingerprint density at radius 2 is 1.08 bits per heavy atom. The minimum Gasteiger partial charge on any atom is -0.297 e. The molecule has 0 bridgehead atoms. The molecule has 0 aliphatic rings. The lowest BCUT2D eigenvalue weighted by Crippen LogP contribution is -2.70. The van der Waals surface area contributed by atoms with Crippen LogP contribution in [0, 0.1) is 0 Å². The van der Waals surface area contributed by atoms with Gasteiger partial charge in [-0.15, -0.1) is 0 Å². The molecule has 2 N–H and O–H groups in total. The molecule has 0 radical (unpaired) electrons. The van der Waals surface area contributed by atoms with Crippen molar-refractivity contribution in [2.24, 2.45) is 5.90 Å². The Kier molecular flexibility index (Phi) is 6.66. The molecule has 0 rings (SSSR count). The van der Waals surface area contributed by atoms with Crippen molar-refractivity contribution in [3.63, 3.8) is 0 Å². The average molecular weight is 421 g/mol. The number of ketones is 1. The summed E-state index contributed by atoms with van der Waals surface area (Å²) in [6, 6.07) is 0. The molecule has 0 aromatic carbocycles. The van der Waals surface area contributed by atoms with E-state index in [2.05, 4.69) is 10.7 Å². The molecule has 0 aromatic heterocycles. The van der Waals surface area contributed by atoms with E-state index in [4.69, 9.17) is 0 Å². The fourth-order valence-electron chi connectivity index (χ4n) is 1.42. The predicted octanol–water partition coefficient (Wildman–Crippen LogP) is 3.96. The monoisotopic (exact) mass is 421 g/mol. The van der Waals surface area contributed by atoms with Gasteiger partial charge in [0.1, 0.15) is 6.61 Å². The van der Waals surface area contributed by atoms with Crippen LogP contribution in [-0.4, -0.2) is 48.2 Å². The third-order valence-corrected chi connectivity index (χ3v) is 2.96. The van der Waals surface area contributed by atoms with Crippen LogP contribution in [0.15, 0.2) is 0 Å². The van der Waals surface area contributed by atoms with Gasteiger partial charge < -0.3 is 0 Å². The second-order valence-corrected chi connectivity index (χ2v) is 4.85. The molecule has 0 unspecified atom stereocenters. The van der Waals surface area contributed by atoms with Crippen LogP contribution in [0.5, 0.6) is 0 Å². The molecule has 0 atom stereocenters. The number of halogens is 13. The molecule has 0 aliphatic carbocycles. The second kappa shape index (κ2) is 7.01. The van der Waals surface area contributed by atoms with Crippen LogP contribution in [0.2, 0.25) is 0 Å². The fourth-order valence-corrected chi connectivity index (χ4v) is 1.42. The third-order valence-electron chi connectivity index (χ3n) is 2.96. The molecule has 0 amide bonds. The van der Waals surface area contributed by atoms with Gasteiger partial charge >= 0.3 is 35.8 Å². The molecular weight excluding hydrogens is 413 g/mol. The Balaban J connectivity index is 5.89. The number of Topliss-reactive ketones (excluding diaryl/α,β-unsaturated/α-hetero) is 1. The van der Waals surface area contributed by atoms with Gasteiger partial charge in [0.25, 0.3) is 0 Å². The van der Waals surface area contributed by atoms with Gasteiger partial charge in [-0.2, -0.15) is 57.1 Å². The molecule has 156 valence electrons. The predicted molar refractivity (Wildman–Crippen MR) is 55.2 cm³/mol. The summed E-state index contributed by atoms with van der Waals surface area (Å²) in [5, 5.41) is 0. The van der Waals surface area contributed by atoms with Gasteiger partial charge in [-0.25, -0.2) is 5.90 Å². The van der Waals surface area contributed by atoms with Crippen molar-refractivity contribution in [3.8, 4) is 0 Å². The summed E-state index contributed by atoms with van der Waals surface area (Å²) in [4.78, 5) is 14.4. The number of hydrogen-bond donors (Lipinski definition) is 1. The van der Waals surface area contributed by atoms with Crippen LogP contribution in [-0.2, 0) is 9.63 Å². The molecule has 0 aromatic rings. The average Bonchev–Trinajstić information content (AvgIpc) is 2.43. The van der Waals surface area contributed by atoms with Gasteiger partial charge in [0, 0.05) is 12.8 Å². The summed E-state index contributed by atoms with van der Waals surface area (Å²) in [6.45, 7) is -1.18. The largest absolute Gasteiger partial charge is 0.460 e. The molecule has 0 saturated carbocycles. The van der Waals surface area contributed by atoms with E-state index in [1.165, 1.54) is 0 Å². The van der Waals surface area contributed by atoms with Gasteiger partial charge in [0.2, 0.25) is 0 Å². The van der Waals surface area contributed by atoms with E-state index in [1.54, 1.807) is 0 Å². The highest BCUT2D eigenvalue weighted by molar-refractivity contribution is 5.79. The maximum absolute atomic E-state index is 13.2. The highest BCUT2D eigenvalue weighted by Crippen LogP contribution is 2.60. The first-order valence-electron chi connectivity index (χ1n) is 6.00. The standard InChI is InChI=1S/C10H8F13NO2/c11-5(12,2-1-4(25)3-26-24)6(13,14)7(15,16)8(17,18)9(19,20)10(21,22)23/h1-3,24H2. The Hall–Kier alpha value is -1.32. The van der Waals surface area contributed by atoms with Crippen molar-refractivity contribution >= 4 is 5.78 Å². The quantitative estimate of drug-likeness (QED) is 0.453. The smallest absolute Gasteiger partial charge is 0.297 e. The molecule has 0 fully saturated rings. The fraction of sp³-hybridized carbons (Fsp3) is 0.900. The van der Waals surface area contributed by atoms with E-state index in [9.17, 15) is 61.9 Å². The van der Waals surface area contributed by atoms with Gasteiger partial charge in [0.05, 0.1) is 0 Å². The molecule has 0 saturated heterocycles. The molecule has 0 heterocycles. The van der Waals surface area contributed by atoms with Crippen molar-refractivity contribution in [1.29, 1.82) is 0 Å². The molecule has 3 nitrogen and oxygen atoms in total. The first-order valence-corrected chi connectivity index (χ1v) is 6.00. The first kappa shape index (κ1) is 24.7. The van der Waals surface area contributed by atoms with E-state index in [0.717, 1.165) is 0 Å². The van der Waals surface area contributed by atoms with Crippen LogP contribution in [0.4, 0.5) is 57.1 Å². The van der Waals surface area contributed by atoms with Crippen LogP contribution in [0.1, 0.15) is 12.8 Å². The zero-order chi connectivity index (χ0) is 21.4. The topological polar surface area (TPSA) is 52.3 Å². The van der Waals surface area contributed by atoms with Crippen molar-refractivity contribution in [2.75, 3.05) is 6.61 Å². The van der Waals surface area contributed by atoms with Crippen molar-refractivity contribution in [3.05, 3.63) is 0 Å². The number of rotatable bonds is 9. The van der Waals surface area contributed by atoms with Crippen molar-refractivity contribution in [2.45, 2.75) is 48.6 Å². The van der Waals surface area contributed by atoms with Crippen LogP contribution < -0.4 is 5.90 Å². The van der Waals surface area contributed by atoms with E-state index >= 15 is 0 Å². The summed E-state index contributed by atoms with van der Waals surface area (Å²) >= 11 is 0. The summed E-state index contributed by atoms with van der Waals surface area (Å²) in [6.07, 6.45) is -11.8. The SMILES string of the molecule is NOCC(=O)CCC(F)(F)C(F)(F)C(F)(F)C(F)(F)C(F)(F)C(F)(F)F. The van der Waals surface area contributed by atoms with E-state index < -0.39 is 61.0 Å². The minimum absolute atomic E-state index is 1.18. The zero-order valence-electron chi connectivity index (χ0n) is 11.9. The number of carbonyl (C=O) groups is 1. The molecule has 0 aliphatic heterocycles. The lowest BCUT2D eigenvalue weighted by Gasteiger charge is -2.39. The van der Waals surface area contributed by atoms with Gasteiger partial charge in [-0.1, -0.05) is 0 Å². The lowest BCUT2D eigenvalue weighted by molar-refractivity contribution is -0.440. The van der Waals surface area contributed by atoms with Gasteiger partial charge in [-0.05, 0) is 0 Å². The number of nitrogens with two attached hydrogens (primary N) is 1. The van der Waals surface area contributed by atoms with Crippen LogP contribution in [0.25, 0.3) is 0 Å². The second-order valence-electron chi connectivity index (χ2n) is 4.85. The highest BCUT2D eigenvalue weighted by Gasteiger charge is 2.90. The molecule has 26 heavy (non-hydrogen) atoms. The van der Waals surface area contributed by atoms with E-state index in [1.807, 2.05) is 0 Å². The Labute approximate surface area is 135 Å². The Morgan fingerprint density at radius 3 is 1.42 bits per heavy atom. The lowest BCUT2D eigenvalue weighted by atomic mass is 9.91. The normalized spacial score (nSPS) is 15.3. The zero-order valence-corrected chi connectivity index (χ0v) is 11.9. The van der Waals surface area contributed by atoms with E-state index in [-0.39, 0.29) is 0 Å². The summed E-state index contributed by atoms with van der Waals surface area (Å²) in [7, 11) is 0. The third kappa shape index (κ3) is 3.84. The number of carbonyl (C=O) groups excluding carboxylic acids is 1. The maximum Gasteiger partial charge on any atom is 0.460 e. The molecular formula is C10H8F13NO2. The van der Waals surface area contributed by atoms with Gasteiger partial charge in [-0.3, -0.25) is 9.63 Å². The van der Waals surface area contributed by atoms with Crippen molar-refractivity contribution in [1.82, 2.24) is 0 Å². The van der Waals surface area contributed by atoms with Crippen molar-refractivity contribution < 1.29 is 66.7 Å². The minimum atomic E-state index is -7.95. The Bertz CT molecular complexity index is 514. The maximum atomic E-state index is 13.2. The number of alkyl halides is 13. The Morgan fingerprint density at radius 1 is 0.692 bits per heavy atom. The highest BCUT2D eigenvalue weighted by atomic mass is 19.4. The summed E-state index contributed by atoms with van der Waals surface area (Å²) in [5.41, 5.74) is 0. The summed E-state index contributed by atoms with van der Waals surface area (Å²) < 4.78 is 165. The van der Waals surface area contributed by atoms with Crippen LogP contribution in [0.3, 0.4) is 0 Å². The van der Waals surface area contributed by atoms with Crippen LogP contribution >= 0.6 is 0 Å². The summed E-state index contributed by atoms with van der Waals surface area (Å²) in [5.74, 6) is -34.4. The van der Waals surface area contributed by atoms with E-state index in [0.29, 0.717) is 0 Å². The first-order chi connectivity index (χ1) is 11.2.